The largest absolute Gasteiger partial charge is 0.379 e. The predicted octanol–water partition coefficient (Wildman–Crippen LogP) is 0.616. The number of morpholine rings is 1. The van der Waals surface area contributed by atoms with E-state index >= 15 is 0 Å². The number of carbonyl (C=O) groups excluding carboxylic acids is 1. The van der Waals surface area contributed by atoms with Gasteiger partial charge in [-0.2, -0.15) is 5.10 Å². The second-order valence-electron chi connectivity index (χ2n) is 7.23. The molecular weight excluding hydrogens is 306 g/mol. The van der Waals surface area contributed by atoms with Gasteiger partial charge < -0.3 is 15.0 Å². The van der Waals surface area contributed by atoms with E-state index in [1.54, 1.807) is 0 Å². The lowest BCUT2D eigenvalue weighted by molar-refractivity contribution is -0.135. The quantitative estimate of drug-likeness (QED) is 0.874. The molecule has 0 saturated carbocycles. The van der Waals surface area contributed by atoms with Gasteiger partial charge in [-0.1, -0.05) is 0 Å². The summed E-state index contributed by atoms with van der Waals surface area (Å²) in [6.45, 7) is 8.90. The Labute approximate surface area is 143 Å². The standard InChI is InChI=1S/C17H29N5O2/c1-17(2,22-9-11-24-12-10-22)16(23)19-14-5-4-8-21(13-14)15-6-7-18-20(15)3/h6-7,14H,4-5,8-13H2,1-3H3,(H,19,23)/t14-/m0/s1. The van der Waals surface area contributed by atoms with Gasteiger partial charge in [0.05, 0.1) is 24.9 Å². The van der Waals surface area contributed by atoms with Gasteiger partial charge in [-0.15, -0.1) is 0 Å². The lowest BCUT2D eigenvalue weighted by atomic mass is 9.98. The van der Waals surface area contributed by atoms with Gasteiger partial charge in [0.25, 0.3) is 0 Å². The second kappa shape index (κ2) is 7.11. The van der Waals surface area contributed by atoms with Gasteiger partial charge in [-0.05, 0) is 26.7 Å². The minimum Gasteiger partial charge on any atom is -0.379 e. The van der Waals surface area contributed by atoms with Crippen LogP contribution in [0.3, 0.4) is 0 Å². The Balaban J connectivity index is 1.60. The van der Waals surface area contributed by atoms with E-state index in [4.69, 9.17) is 4.74 Å². The molecule has 3 heterocycles. The molecule has 2 aliphatic heterocycles. The number of hydrogen-bond donors (Lipinski definition) is 1. The van der Waals surface area contributed by atoms with Crippen molar-refractivity contribution < 1.29 is 9.53 Å². The van der Waals surface area contributed by atoms with Crippen molar-refractivity contribution >= 4 is 11.7 Å². The van der Waals surface area contributed by atoms with Gasteiger partial charge in [0.1, 0.15) is 5.82 Å². The molecule has 1 aromatic heterocycles. The van der Waals surface area contributed by atoms with E-state index in [0.717, 1.165) is 44.8 Å². The van der Waals surface area contributed by atoms with Crippen LogP contribution in [0.5, 0.6) is 0 Å². The molecule has 0 radical (unpaired) electrons. The van der Waals surface area contributed by atoms with E-state index in [-0.39, 0.29) is 11.9 Å². The van der Waals surface area contributed by atoms with E-state index in [1.807, 2.05) is 37.8 Å². The van der Waals surface area contributed by atoms with Crippen LogP contribution in [-0.4, -0.2) is 71.6 Å². The van der Waals surface area contributed by atoms with Crippen molar-refractivity contribution in [2.75, 3.05) is 44.3 Å². The maximum atomic E-state index is 12.9. The highest BCUT2D eigenvalue weighted by atomic mass is 16.5. The van der Waals surface area contributed by atoms with E-state index in [9.17, 15) is 4.79 Å². The van der Waals surface area contributed by atoms with Crippen molar-refractivity contribution in [1.29, 1.82) is 0 Å². The highest BCUT2D eigenvalue weighted by Gasteiger charge is 2.37. The van der Waals surface area contributed by atoms with Gasteiger partial charge in [0.2, 0.25) is 5.91 Å². The van der Waals surface area contributed by atoms with Crippen LogP contribution in [0, 0.1) is 0 Å². The fraction of sp³-hybridized carbons (Fsp3) is 0.765. The lowest BCUT2D eigenvalue weighted by Crippen LogP contribution is -2.61. The summed E-state index contributed by atoms with van der Waals surface area (Å²) in [6.07, 6.45) is 3.92. The number of piperidine rings is 1. The Morgan fingerprint density at radius 2 is 2.08 bits per heavy atom. The summed E-state index contributed by atoms with van der Waals surface area (Å²) in [5.41, 5.74) is -0.501. The number of nitrogens with zero attached hydrogens (tertiary/aromatic N) is 4. The molecule has 1 N–H and O–H groups in total. The smallest absolute Gasteiger partial charge is 0.240 e. The van der Waals surface area contributed by atoms with Crippen LogP contribution in [0.2, 0.25) is 0 Å². The first kappa shape index (κ1) is 17.2. The fourth-order valence-corrected chi connectivity index (χ4v) is 3.61. The Kier molecular flexibility index (Phi) is 5.10. The van der Waals surface area contributed by atoms with Crippen LogP contribution in [0.4, 0.5) is 5.82 Å². The Morgan fingerprint density at radius 3 is 2.75 bits per heavy atom. The van der Waals surface area contributed by atoms with Crippen LogP contribution >= 0.6 is 0 Å². The monoisotopic (exact) mass is 335 g/mol. The predicted molar refractivity (Wildman–Crippen MR) is 93.1 cm³/mol. The molecule has 1 amide bonds. The topological polar surface area (TPSA) is 62.6 Å². The van der Waals surface area contributed by atoms with E-state index in [2.05, 4.69) is 20.2 Å². The number of nitrogens with one attached hydrogen (secondary N) is 1. The first-order chi connectivity index (χ1) is 11.5. The average Bonchev–Trinajstić information content (AvgIpc) is 3.02. The molecular formula is C17H29N5O2. The van der Waals surface area contributed by atoms with Crippen LogP contribution < -0.4 is 10.2 Å². The number of carbonyl (C=O) groups is 1. The van der Waals surface area contributed by atoms with Crippen molar-refractivity contribution in [3.8, 4) is 0 Å². The van der Waals surface area contributed by atoms with Crippen LogP contribution in [-0.2, 0) is 16.6 Å². The second-order valence-corrected chi connectivity index (χ2v) is 7.23. The summed E-state index contributed by atoms with van der Waals surface area (Å²) < 4.78 is 7.29. The first-order valence-corrected chi connectivity index (χ1v) is 8.85. The molecule has 1 atom stereocenters. The normalized spacial score (nSPS) is 23.3. The average molecular weight is 335 g/mol. The maximum absolute atomic E-state index is 12.9. The molecule has 2 saturated heterocycles. The molecule has 0 unspecified atom stereocenters. The van der Waals surface area contributed by atoms with Crippen molar-refractivity contribution in [3.05, 3.63) is 12.3 Å². The van der Waals surface area contributed by atoms with Gasteiger partial charge in [-0.25, -0.2) is 0 Å². The van der Waals surface area contributed by atoms with E-state index < -0.39 is 5.54 Å². The molecule has 3 rings (SSSR count). The Bertz CT molecular complexity index is 565. The highest BCUT2D eigenvalue weighted by Crippen LogP contribution is 2.21. The van der Waals surface area contributed by atoms with Gasteiger partial charge in [-0.3, -0.25) is 14.4 Å². The third kappa shape index (κ3) is 3.57. The SMILES string of the molecule is Cn1nccc1N1CCC[C@H](NC(=O)C(C)(C)N2CCOCC2)C1. The highest BCUT2D eigenvalue weighted by molar-refractivity contribution is 5.85. The molecule has 0 bridgehead atoms. The molecule has 7 nitrogen and oxygen atoms in total. The maximum Gasteiger partial charge on any atom is 0.240 e. The number of aromatic nitrogens is 2. The van der Waals surface area contributed by atoms with E-state index in [0.29, 0.717) is 13.2 Å². The zero-order chi connectivity index (χ0) is 17.2. The summed E-state index contributed by atoms with van der Waals surface area (Å²) in [5, 5.41) is 7.52. The number of aryl methyl sites for hydroxylation is 1. The third-order valence-corrected chi connectivity index (χ3v) is 5.23. The molecule has 24 heavy (non-hydrogen) atoms. The van der Waals surface area contributed by atoms with Crippen LogP contribution in [0.15, 0.2) is 12.3 Å². The number of rotatable bonds is 4. The fourth-order valence-electron chi connectivity index (χ4n) is 3.61. The molecule has 0 aliphatic carbocycles. The number of ether oxygens (including phenoxy) is 1. The molecule has 2 fully saturated rings. The zero-order valence-electron chi connectivity index (χ0n) is 15.0. The molecule has 2 aliphatic rings. The number of anilines is 1. The molecule has 1 aromatic rings. The summed E-state index contributed by atoms with van der Waals surface area (Å²) in [4.78, 5) is 17.4. The van der Waals surface area contributed by atoms with E-state index in [1.165, 1.54) is 0 Å². The minimum atomic E-state index is -0.501. The number of hydrogen-bond acceptors (Lipinski definition) is 5. The molecule has 134 valence electrons. The van der Waals surface area contributed by atoms with Crippen molar-refractivity contribution in [2.24, 2.45) is 7.05 Å². The Hall–Kier alpha value is -1.60. The van der Waals surface area contributed by atoms with Gasteiger partial charge >= 0.3 is 0 Å². The molecule has 0 spiro atoms. The number of amides is 1. The van der Waals surface area contributed by atoms with Crippen LogP contribution in [0.25, 0.3) is 0 Å². The van der Waals surface area contributed by atoms with Gasteiger partial charge in [0.15, 0.2) is 0 Å². The Morgan fingerprint density at radius 1 is 1.33 bits per heavy atom. The lowest BCUT2D eigenvalue weighted by Gasteiger charge is -2.41. The van der Waals surface area contributed by atoms with Crippen molar-refractivity contribution in [3.63, 3.8) is 0 Å². The minimum absolute atomic E-state index is 0.112. The van der Waals surface area contributed by atoms with Crippen molar-refractivity contribution in [2.45, 2.75) is 38.3 Å². The first-order valence-electron chi connectivity index (χ1n) is 8.85. The third-order valence-electron chi connectivity index (χ3n) is 5.23. The summed E-state index contributed by atoms with van der Waals surface area (Å²) in [6, 6.07) is 2.21. The summed E-state index contributed by atoms with van der Waals surface area (Å²) >= 11 is 0. The van der Waals surface area contributed by atoms with Crippen LogP contribution in [0.1, 0.15) is 26.7 Å². The summed E-state index contributed by atoms with van der Waals surface area (Å²) in [5.74, 6) is 1.22. The molecule has 7 heteroatoms. The van der Waals surface area contributed by atoms with Gasteiger partial charge in [0, 0.05) is 45.3 Å². The molecule has 0 aromatic carbocycles. The summed E-state index contributed by atoms with van der Waals surface area (Å²) in [7, 11) is 1.96. The van der Waals surface area contributed by atoms with Crippen molar-refractivity contribution in [1.82, 2.24) is 20.0 Å². The zero-order valence-corrected chi connectivity index (χ0v) is 15.0.